The first kappa shape index (κ1) is 12.4. The first-order chi connectivity index (χ1) is 9.67. The molecule has 0 amide bonds. The molecule has 106 valence electrons. The third-order valence-corrected chi connectivity index (χ3v) is 5.92. The highest BCUT2D eigenvalue weighted by Crippen LogP contribution is 2.48. The van der Waals surface area contributed by atoms with E-state index in [0.29, 0.717) is 5.41 Å². The highest BCUT2D eigenvalue weighted by atomic mass is 32.1. The van der Waals surface area contributed by atoms with Crippen molar-refractivity contribution in [3.05, 3.63) is 22.5 Å². The van der Waals surface area contributed by atoms with Crippen molar-refractivity contribution in [2.24, 2.45) is 5.41 Å². The Balaban J connectivity index is 1.80. The number of aryl methyl sites for hydroxylation is 1. The lowest BCUT2D eigenvalue weighted by Crippen LogP contribution is -2.26. The standard InChI is InChI=1S/C15H18N2O2S/c18-13(19)7-10-9-20-14-16-11-3-6-15(4-1-2-5-15)8-12(11)17(10)14/h9H,1-8H2,(H,18,19). The van der Waals surface area contributed by atoms with Crippen molar-refractivity contribution in [1.82, 2.24) is 9.38 Å². The number of fused-ring (bicyclic) bond motifs is 3. The van der Waals surface area contributed by atoms with Crippen LogP contribution in [0, 0.1) is 5.41 Å². The Morgan fingerprint density at radius 3 is 2.95 bits per heavy atom. The van der Waals surface area contributed by atoms with Crippen molar-refractivity contribution in [2.45, 2.75) is 51.4 Å². The molecule has 2 aromatic heterocycles. The lowest BCUT2D eigenvalue weighted by molar-refractivity contribution is -0.136. The van der Waals surface area contributed by atoms with Crippen LogP contribution >= 0.6 is 11.3 Å². The maximum absolute atomic E-state index is 11.0. The molecule has 0 unspecified atom stereocenters. The van der Waals surface area contributed by atoms with E-state index in [1.807, 2.05) is 5.38 Å². The van der Waals surface area contributed by atoms with Gasteiger partial charge in [0.05, 0.1) is 12.1 Å². The first-order valence-corrected chi connectivity index (χ1v) is 8.23. The average Bonchev–Trinajstić information content (AvgIpc) is 3.07. The molecule has 2 aliphatic carbocycles. The predicted octanol–water partition coefficient (Wildman–Crippen LogP) is 3.07. The predicted molar refractivity (Wildman–Crippen MR) is 77.3 cm³/mol. The minimum absolute atomic E-state index is 0.0931. The van der Waals surface area contributed by atoms with E-state index in [4.69, 9.17) is 10.1 Å². The zero-order chi connectivity index (χ0) is 13.7. The number of imidazole rings is 1. The van der Waals surface area contributed by atoms with Gasteiger partial charge in [-0.1, -0.05) is 12.8 Å². The van der Waals surface area contributed by atoms with Crippen molar-refractivity contribution in [3.63, 3.8) is 0 Å². The van der Waals surface area contributed by atoms with Crippen LogP contribution in [-0.4, -0.2) is 20.5 Å². The van der Waals surface area contributed by atoms with Gasteiger partial charge in [0.1, 0.15) is 0 Å². The molecule has 0 atom stereocenters. The molecule has 2 heterocycles. The Kier molecular flexibility index (Phi) is 2.67. The van der Waals surface area contributed by atoms with Crippen LogP contribution in [0.25, 0.3) is 4.96 Å². The second-order valence-electron chi connectivity index (χ2n) is 6.30. The minimum atomic E-state index is -0.765. The summed E-state index contributed by atoms with van der Waals surface area (Å²) in [5.74, 6) is -0.765. The molecule has 0 radical (unpaired) electrons. The molecule has 1 saturated carbocycles. The molecule has 2 aromatic rings. The van der Waals surface area contributed by atoms with Crippen LogP contribution in [0.2, 0.25) is 0 Å². The molecule has 1 fully saturated rings. The number of carbonyl (C=O) groups is 1. The SMILES string of the molecule is O=C(O)Cc1csc2nc3c(n12)CC1(CCCC1)CC3. The Morgan fingerprint density at radius 2 is 2.20 bits per heavy atom. The number of aromatic nitrogens is 2. The molecule has 1 N–H and O–H groups in total. The molecule has 0 aromatic carbocycles. The summed E-state index contributed by atoms with van der Waals surface area (Å²) in [4.78, 5) is 16.7. The van der Waals surface area contributed by atoms with E-state index >= 15 is 0 Å². The fourth-order valence-corrected chi connectivity index (χ4v) is 4.98. The number of thiazole rings is 1. The summed E-state index contributed by atoms with van der Waals surface area (Å²) in [5.41, 5.74) is 3.87. The number of rotatable bonds is 2. The topological polar surface area (TPSA) is 54.6 Å². The van der Waals surface area contributed by atoms with E-state index in [1.165, 1.54) is 43.5 Å². The van der Waals surface area contributed by atoms with E-state index in [1.54, 1.807) is 11.3 Å². The summed E-state index contributed by atoms with van der Waals surface area (Å²) < 4.78 is 2.13. The van der Waals surface area contributed by atoms with Crippen LogP contribution in [0.1, 0.15) is 49.2 Å². The molecule has 1 spiro atoms. The van der Waals surface area contributed by atoms with E-state index in [-0.39, 0.29) is 6.42 Å². The third-order valence-electron chi connectivity index (χ3n) is 5.04. The van der Waals surface area contributed by atoms with Gasteiger partial charge in [-0.2, -0.15) is 0 Å². The van der Waals surface area contributed by atoms with Crippen LogP contribution in [-0.2, 0) is 24.1 Å². The number of carboxylic acids is 1. The van der Waals surface area contributed by atoms with Crippen molar-refractivity contribution >= 4 is 22.3 Å². The molecule has 0 aliphatic heterocycles. The molecular weight excluding hydrogens is 272 g/mol. The normalized spacial score (nSPS) is 20.6. The van der Waals surface area contributed by atoms with Crippen molar-refractivity contribution in [2.75, 3.05) is 0 Å². The van der Waals surface area contributed by atoms with Gasteiger partial charge in [0.25, 0.3) is 0 Å². The largest absolute Gasteiger partial charge is 0.481 e. The van der Waals surface area contributed by atoms with Gasteiger partial charge in [-0.05, 0) is 37.5 Å². The third kappa shape index (κ3) is 1.79. The lowest BCUT2D eigenvalue weighted by atomic mass is 9.73. The van der Waals surface area contributed by atoms with Crippen LogP contribution in [0.4, 0.5) is 0 Å². The maximum Gasteiger partial charge on any atom is 0.309 e. The summed E-state index contributed by atoms with van der Waals surface area (Å²) in [5, 5.41) is 11.0. The number of aliphatic carboxylic acids is 1. The van der Waals surface area contributed by atoms with Gasteiger partial charge < -0.3 is 5.11 Å². The summed E-state index contributed by atoms with van der Waals surface area (Å²) in [6.45, 7) is 0. The number of hydrogen-bond acceptors (Lipinski definition) is 3. The first-order valence-electron chi connectivity index (χ1n) is 7.35. The van der Waals surface area contributed by atoms with E-state index in [2.05, 4.69) is 4.40 Å². The molecular formula is C15H18N2O2S. The summed E-state index contributed by atoms with van der Waals surface area (Å²) in [7, 11) is 0. The van der Waals surface area contributed by atoms with Crippen LogP contribution < -0.4 is 0 Å². The maximum atomic E-state index is 11.0. The molecule has 2 aliphatic rings. The minimum Gasteiger partial charge on any atom is -0.481 e. The fourth-order valence-electron chi connectivity index (χ4n) is 4.06. The van der Waals surface area contributed by atoms with Gasteiger partial charge in [-0.15, -0.1) is 11.3 Å². The van der Waals surface area contributed by atoms with E-state index in [0.717, 1.165) is 23.5 Å². The zero-order valence-electron chi connectivity index (χ0n) is 11.4. The van der Waals surface area contributed by atoms with Gasteiger partial charge in [0.2, 0.25) is 0 Å². The van der Waals surface area contributed by atoms with Gasteiger partial charge in [-0.3, -0.25) is 9.20 Å². The summed E-state index contributed by atoms with van der Waals surface area (Å²) >= 11 is 1.57. The number of hydrogen-bond donors (Lipinski definition) is 1. The molecule has 4 rings (SSSR count). The van der Waals surface area contributed by atoms with Crippen LogP contribution in [0.15, 0.2) is 5.38 Å². The Morgan fingerprint density at radius 1 is 1.40 bits per heavy atom. The van der Waals surface area contributed by atoms with Crippen LogP contribution in [0.3, 0.4) is 0 Å². The van der Waals surface area contributed by atoms with Gasteiger partial charge in [-0.25, -0.2) is 4.98 Å². The lowest BCUT2D eigenvalue weighted by Gasteiger charge is -2.32. The monoisotopic (exact) mass is 290 g/mol. The number of nitrogens with zero attached hydrogens (tertiary/aromatic N) is 2. The Labute approximate surface area is 121 Å². The molecule has 0 saturated heterocycles. The van der Waals surface area contributed by atoms with Crippen molar-refractivity contribution in [1.29, 1.82) is 0 Å². The second kappa shape index (κ2) is 4.32. The molecule has 4 nitrogen and oxygen atoms in total. The summed E-state index contributed by atoms with van der Waals surface area (Å²) in [6, 6.07) is 0. The molecule has 20 heavy (non-hydrogen) atoms. The number of carboxylic acid groups (broad SMARTS) is 1. The molecule has 5 heteroatoms. The van der Waals surface area contributed by atoms with Gasteiger partial charge in [0.15, 0.2) is 4.96 Å². The van der Waals surface area contributed by atoms with Gasteiger partial charge in [0, 0.05) is 16.8 Å². The Hall–Kier alpha value is -1.36. The smallest absolute Gasteiger partial charge is 0.309 e. The highest BCUT2D eigenvalue weighted by molar-refractivity contribution is 7.15. The van der Waals surface area contributed by atoms with E-state index in [9.17, 15) is 4.79 Å². The second-order valence-corrected chi connectivity index (χ2v) is 7.14. The van der Waals surface area contributed by atoms with E-state index < -0.39 is 5.97 Å². The fraction of sp³-hybridized carbons (Fsp3) is 0.600. The molecule has 0 bridgehead atoms. The Bertz CT molecular complexity index is 679. The summed E-state index contributed by atoms with van der Waals surface area (Å²) in [6.07, 6.45) is 8.87. The van der Waals surface area contributed by atoms with Gasteiger partial charge >= 0.3 is 5.97 Å². The van der Waals surface area contributed by atoms with Crippen LogP contribution in [0.5, 0.6) is 0 Å². The highest BCUT2D eigenvalue weighted by Gasteiger charge is 2.39. The van der Waals surface area contributed by atoms with Crippen molar-refractivity contribution < 1.29 is 9.90 Å². The average molecular weight is 290 g/mol. The quantitative estimate of drug-likeness (QED) is 0.924. The zero-order valence-corrected chi connectivity index (χ0v) is 12.2. The van der Waals surface area contributed by atoms with Crippen molar-refractivity contribution in [3.8, 4) is 0 Å².